The number of carboxylic acid groups (broad SMARTS) is 1. The lowest BCUT2D eigenvalue weighted by Gasteiger charge is -2.37. The van der Waals surface area contributed by atoms with Crippen LogP contribution in [0.2, 0.25) is 0 Å². The van der Waals surface area contributed by atoms with Gasteiger partial charge in [0.2, 0.25) is 5.91 Å². The van der Waals surface area contributed by atoms with E-state index in [-0.39, 0.29) is 12.3 Å². The number of carbonyl (C=O) groups excluding carboxylic acids is 1. The van der Waals surface area contributed by atoms with Crippen molar-refractivity contribution in [3.63, 3.8) is 0 Å². The fraction of sp³-hybridized carbons (Fsp3) is 0.500. The second-order valence-corrected chi connectivity index (χ2v) is 5.94. The Morgan fingerprint density at radius 1 is 1.20 bits per heavy atom. The van der Waals surface area contributed by atoms with E-state index in [2.05, 4.69) is 5.32 Å². The molecule has 0 radical (unpaired) electrons. The Labute approximate surface area is 119 Å². The Bertz CT molecular complexity index is 536. The third-order valence-electron chi connectivity index (χ3n) is 4.20. The van der Waals surface area contributed by atoms with E-state index in [9.17, 15) is 14.7 Å². The summed E-state index contributed by atoms with van der Waals surface area (Å²) in [6, 6.07) is 4.03. The van der Waals surface area contributed by atoms with Crippen LogP contribution in [0.4, 0.5) is 5.69 Å². The Hall–Kier alpha value is -1.84. The monoisotopic (exact) mass is 275 g/mol. The van der Waals surface area contributed by atoms with Crippen molar-refractivity contribution in [2.75, 3.05) is 5.32 Å². The van der Waals surface area contributed by atoms with Crippen molar-refractivity contribution in [3.8, 4) is 0 Å². The zero-order valence-corrected chi connectivity index (χ0v) is 12.2. The van der Waals surface area contributed by atoms with Gasteiger partial charge in [-0.05, 0) is 44.7 Å². The van der Waals surface area contributed by atoms with Crippen LogP contribution in [0, 0.1) is 26.2 Å². The molecule has 108 valence electrons. The summed E-state index contributed by atoms with van der Waals surface area (Å²) in [5, 5.41) is 12.1. The number of carboxylic acids is 1. The third-order valence-corrected chi connectivity index (χ3v) is 4.20. The number of hydrogen-bond acceptors (Lipinski definition) is 2. The van der Waals surface area contributed by atoms with E-state index < -0.39 is 11.4 Å². The summed E-state index contributed by atoms with van der Waals surface area (Å²) in [5.74, 6) is -1.06. The van der Waals surface area contributed by atoms with E-state index in [4.69, 9.17) is 0 Å². The molecule has 1 aromatic rings. The molecular formula is C16H21NO3. The van der Waals surface area contributed by atoms with Gasteiger partial charge in [0.1, 0.15) is 0 Å². The number of rotatable bonds is 4. The quantitative estimate of drug-likeness (QED) is 0.886. The van der Waals surface area contributed by atoms with Gasteiger partial charge in [-0.1, -0.05) is 24.1 Å². The van der Waals surface area contributed by atoms with Crippen LogP contribution in [0.3, 0.4) is 0 Å². The van der Waals surface area contributed by atoms with Gasteiger partial charge in [0, 0.05) is 12.1 Å². The van der Waals surface area contributed by atoms with Gasteiger partial charge in [-0.3, -0.25) is 9.59 Å². The van der Waals surface area contributed by atoms with Crippen LogP contribution < -0.4 is 5.32 Å². The molecule has 1 amide bonds. The molecule has 1 aliphatic rings. The molecule has 1 aliphatic carbocycles. The minimum absolute atomic E-state index is 0.0646. The van der Waals surface area contributed by atoms with Gasteiger partial charge in [-0.15, -0.1) is 0 Å². The average molecular weight is 275 g/mol. The van der Waals surface area contributed by atoms with Crippen LogP contribution in [0.25, 0.3) is 0 Å². The Morgan fingerprint density at radius 2 is 1.75 bits per heavy atom. The normalized spacial score (nSPS) is 16.4. The van der Waals surface area contributed by atoms with E-state index in [1.807, 2.05) is 32.9 Å². The highest BCUT2D eigenvalue weighted by atomic mass is 16.4. The Balaban J connectivity index is 2.11. The van der Waals surface area contributed by atoms with Gasteiger partial charge >= 0.3 is 5.97 Å². The molecular weight excluding hydrogens is 254 g/mol. The lowest BCUT2D eigenvalue weighted by atomic mass is 9.66. The molecule has 0 aromatic heterocycles. The molecule has 1 fully saturated rings. The zero-order chi connectivity index (χ0) is 14.9. The smallest absolute Gasteiger partial charge is 0.310 e. The van der Waals surface area contributed by atoms with Gasteiger partial charge in [-0.2, -0.15) is 0 Å². The highest BCUT2D eigenvalue weighted by Gasteiger charge is 2.45. The number of benzene rings is 1. The van der Waals surface area contributed by atoms with E-state index in [1.165, 1.54) is 0 Å². The first kappa shape index (κ1) is 14.6. The van der Waals surface area contributed by atoms with Gasteiger partial charge in [0.05, 0.1) is 5.41 Å². The van der Waals surface area contributed by atoms with Crippen molar-refractivity contribution >= 4 is 17.6 Å². The summed E-state index contributed by atoms with van der Waals surface area (Å²) in [7, 11) is 0. The fourth-order valence-corrected chi connectivity index (χ4v) is 2.94. The van der Waals surface area contributed by atoms with Crippen LogP contribution in [0.1, 0.15) is 42.4 Å². The van der Waals surface area contributed by atoms with Crippen molar-refractivity contribution in [3.05, 3.63) is 28.8 Å². The van der Waals surface area contributed by atoms with Crippen molar-refractivity contribution in [2.45, 2.75) is 46.5 Å². The molecule has 0 heterocycles. The lowest BCUT2D eigenvalue weighted by molar-refractivity contribution is -0.157. The molecule has 0 saturated heterocycles. The van der Waals surface area contributed by atoms with Gasteiger partial charge in [0.25, 0.3) is 0 Å². The second-order valence-electron chi connectivity index (χ2n) is 5.94. The Morgan fingerprint density at radius 3 is 2.15 bits per heavy atom. The average Bonchev–Trinajstić information content (AvgIpc) is 2.28. The molecule has 2 N–H and O–H groups in total. The van der Waals surface area contributed by atoms with Gasteiger partial charge < -0.3 is 10.4 Å². The lowest BCUT2D eigenvalue weighted by Crippen LogP contribution is -2.41. The van der Waals surface area contributed by atoms with E-state index >= 15 is 0 Å². The number of aliphatic carboxylic acids is 1. The maximum atomic E-state index is 12.1. The molecule has 0 unspecified atom stereocenters. The molecule has 0 bridgehead atoms. The summed E-state index contributed by atoms with van der Waals surface area (Å²) in [6.07, 6.45) is 2.15. The molecule has 0 aliphatic heterocycles. The highest BCUT2D eigenvalue weighted by molar-refractivity contribution is 5.95. The number of anilines is 1. The first-order chi connectivity index (χ1) is 9.34. The minimum Gasteiger partial charge on any atom is -0.481 e. The van der Waals surface area contributed by atoms with Gasteiger partial charge in [0.15, 0.2) is 0 Å². The minimum atomic E-state index is -0.851. The predicted octanol–water partition coefficient (Wildman–Crippen LogP) is 3.20. The predicted molar refractivity (Wildman–Crippen MR) is 77.8 cm³/mol. The van der Waals surface area contributed by atoms with Gasteiger partial charge in [-0.25, -0.2) is 0 Å². The SMILES string of the molecule is Cc1cc(C)c(NC(=O)CC2(C(=O)O)CCC2)c(C)c1. The van der Waals surface area contributed by atoms with E-state index in [1.54, 1.807) is 0 Å². The molecule has 0 atom stereocenters. The summed E-state index contributed by atoms with van der Waals surface area (Å²) in [4.78, 5) is 23.4. The summed E-state index contributed by atoms with van der Waals surface area (Å²) < 4.78 is 0. The molecule has 4 nitrogen and oxygen atoms in total. The van der Waals surface area contributed by atoms with Crippen molar-refractivity contribution in [1.29, 1.82) is 0 Å². The number of amides is 1. The number of hydrogen-bond donors (Lipinski definition) is 2. The number of carbonyl (C=O) groups is 2. The maximum absolute atomic E-state index is 12.1. The summed E-state index contributed by atoms with van der Waals surface area (Å²) in [5.41, 5.74) is 3.14. The Kier molecular flexibility index (Phi) is 3.84. The molecule has 1 saturated carbocycles. The van der Waals surface area contributed by atoms with Crippen molar-refractivity contribution in [2.24, 2.45) is 5.41 Å². The van der Waals surface area contributed by atoms with Crippen LogP contribution in [-0.2, 0) is 9.59 Å². The zero-order valence-electron chi connectivity index (χ0n) is 12.2. The summed E-state index contributed by atoms with van der Waals surface area (Å²) >= 11 is 0. The third kappa shape index (κ3) is 2.69. The largest absolute Gasteiger partial charge is 0.481 e. The van der Waals surface area contributed by atoms with Crippen LogP contribution in [0.5, 0.6) is 0 Å². The molecule has 2 rings (SSSR count). The molecule has 1 aromatic carbocycles. The van der Waals surface area contributed by atoms with Crippen LogP contribution in [-0.4, -0.2) is 17.0 Å². The molecule has 20 heavy (non-hydrogen) atoms. The molecule has 0 spiro atoms. The van der Waals surface area contributed by atoms with E-state index in [0.717, 1.165) is 28.8 Å². The maximum Gasteiger partial charge on any atom is 0.310 e. The number of nitrogens with one attached hydrogen (secondary N) is 1. The van der Waals surface area contributed by atoms with Crippen molar-refractivity contribution in [1.82, 2.24) is 0 Å². The summed E-state index contributed by atoms with van der Waals surface area (Å²) in [6.45, 7) is 5.91. The van der Waals surface area contributed by atoms with Crippen LogP contribution >= 0.6 is 0 Å². The van der Waals surface area contributed by atoms with Crippen LogP contribution in [0.15, 0.2) is 12.1 Å². The topological polar surface area (TPSA) is 66.4 Å². The molecule has 4 heteroatoms. The second kappa shape index (κ2) is 5.27. The fourth-order valence-electron chi connectivity index (χ4n) is 2.94. The number of aryl methyl sites for hydroxylation is 3. The standard InChI is InChI=1S/C16H21NO3/c1-10-7-11(2)14(12(3)8-10)17-13(18)9-16(15(19)20)5-4-6-16/h7-8H,4-6,9H2,1-3H3,(H,17,18)(H,19,20). The first-order valence-corrected chi connectivity index (χ1v) is 6.95. The van der Waals surface area contributed by atoms with Crippen molar-refractivity contribution < 1.29 is 14.7 Å². The van der Waals surface area contributed by atoms with E-state index in [0.29, 0.717) is 12.8 Å². The first-order valence-electron chi connectivity index (χ1n) is 6.95. The highest BCUT2D eigenvalue weighted by Crippen LogP contribution is 2.44.